The van der Waals surface area contributed by atoms with Gasteiger partial charge in [0.25, 0.3) is 0 Å². The molecular weight excluding hydrogens is 456 g/mol. The number of nitrogen functional groups attached to an aromatic ring is 2. The maximum Gasteiger partial charge on any atom is 0.303 e. The molecule has 0 bridgehead atoms. The van der Waals surface area contributed by atoms with Gasteiger partial charge in [-0.1, -0.05) is 0 Å². The Morgan fingerprint density at radius 1 is 1.18 bits per heavy atom. The lowest BCUT2D eigenvalue weighted by atomic mass is 10.1. The fraction of sp³-hybridized carbons (Fsp3) is 0.400. The number of amides is 1. The molecule has 0 saturated heterocycles. The van der Waals surface area contributed by atoms with E-state index in [0.717, 1.165) is 5.56 Å². The minimum Gasteiger partial charge on any atom is -0.493 e. The summed E-state index contributed by atoms with van der Waals surface area (Å²) in [5.41, 5.74) is 18.6. The van der Waals surface area contributed by atoms with Gasteiger partial charge in [-0.25, -0.2) is 4.98 Å². The number of anilines is 2. The van der Waals surface area contributed by atoms with E-state index in [-0.39, 0.29) is 50.2 Å². The van der Waals surface area contributed by atoms with Gasteiger partial charge in [0.1, 0.15) is 12.4 Å². The van der Waals surface area contributed by atoms with Crippen molar-refractivity contribution in [2.24, 2.45) is 5.73 Å². The zero-order valence-electron chi connectivity index (χ0n) is 18.4. The molecule has 0 spiro atoms. The smallest absolute Gasteiger partial charge is 0.303 e. The largest absolute Gasteiger partial charge is 0.493 e. The first kappa shape index (κ1) is 27.5. The topological polar surface area (TPSA) is 198 Å². The average Bonchev–Trinajstić information content (AvgIpc) is 2.76. The Kier molecular flexibility index (Phi) is 11.0. The van der Waals surface area contributed by atoms with Gasteiger partial charge in [-0.3, -0.25) is 9.59 Å². The number of hydrogen-bond donors (Lipinski definition) is 5. The highest BCUT2D eigenvalue weighted by molar-refractivity contribution is 5.85. The van der Waals surface area contributed by atoms with Crippen LogP contribution in [0.4, 0.5) is 11.8 Å². The second-order valence-corrected chi connectivity index (χ2v) is 6.82. The Morgan fingerprint density at radius 2 is 1.82 bits per heavy atom. The van der Waals surface area contributed by atoms with E-state index < -0.39 is 17.9 Å². The van der Waals surface area contributed by atoms with Crippen LogP contribution in [-0.4, -0.2) is 60.4 Å². The second-order valence-electron chi connectivity index (χ2n) is 6.82. The van der Waals surface area contributed by atoms with Crippen molar-refractivity contribution in [1.29, 1.82) is 0 Å². The highest BCUT2D eigenvalue weighted by atomic mass is 35.5. The van der Waals surface area contributed by atoms with Crippen LogP contribution in [0.1, 0.15) is 24.0 Å². The molecule has 1 heterocycles. The molecule has 1 aromatic heterocycles. The maximum absolute atomic E-state index is 11.9. The van der Waals surface area contributed by atoms with Gasteiger partial charge in [-0.05, 0) is 24.1 Å². The predicted octanol–water partition coefficient (Wildman–Crippen LogP) is 0.358. The summed E-state index contributed by atoms with van der Waals surface area (Å²) < 4.78 is 16.6. The lowest BCUT2D eigenvalue weighted by Gasteiger charge is -2.17. The van der Waals surface area contributed by atoms with E-state index in [4.69, 9.17) is 36.5 Å². The number of nitrogens with one attached hydrogen (secondary N) is 1. The number of carboxylic acid groups (broad SMARTS) is 1. The SMILES string of the molecule is COc1cc(Cc2cnc(N)nc2N)cc(OC)c1OCCNC(=O)[C@@H](N)CCC(=O)O.Cl. The third kappa shape index (κ3) is 8.16. The Bertz CT molecular complexity index is 936. The molecule has 8 N–H and O–H groups in total. The molecule has 12 nitrogen and oxygen atoms in total. The molecule has 13 heteroatoms. The number of aliphatic carboxylic acids is 1. The maximum atomic E-state index is 11.9. The van der Waals surface area contributed by atoms with Gasteiger partial charge in [-0.15, -0.1) is 12.4 Å². The number of ether oxygens (including phenoxy) is 3. The van der Waals surface area contributed by atoms with E-state index in [1.807, 2.05) is 0 Å². The van der Waals surface area contributed by atoms with Crippen molar-refractivity contribution >= 4 is 36.0 Å². The number of halogens is 1. The molecule has 0 aliphatic carbocycles. The quantitative estimate of drug-likeness (QED) is 0.260. The van der Waals surface area contributed by atoms with Gasteiger partial charge in [0.05, 0.1) is 26.8 Å². The zero-order chi connectivity index (χ0) is 23.7. The van der Waals surface area contributed by atoms with Crippen LogP contribution in [0, 0.1) is 0 Å². The van der Waals surface area contributed by atoms with E-state index in [1.165, 1.54) is 14.2 Å². The zero-order valence-corrected chi connectivity index (χ0v) is 19.2. The van der Waals surface area contributed by atoms with Crippen LogP contribution in [0.5, 0.6) is 17.2 Å². The Balaban J connectivity index is 0.00000544. The van der Waals surface area contributed by atoms with Crippen LogP contribution in [0.15, 0.2) is 18.3 Å². The van der Waals surface area contributed by atoms with Crippen molar-refractivity contribution < 1.29 is 28.9 Å². The van der Waals surface area contributed by atoms with Crippen molar-refractivity contribution in [1.82, 2.24) is 15.3 Å². The molecule has 1 amide bonds. The van der Waals surface area contributed by atoms with E-state index in [2.05, 4.69) is 15.3 Å². The van der Waals surface area contributed by atoms with E-state index >= 15 is 0 Å². The second kappa shape index (κ2) is 13.1. The van der Waals surface area contributed by atoms with Crippen LogP contribution in [0.25, 0.3) is 0 Å². The van der Waals surface area contributed by atoms with Crippen LogP contribution in [0.2, 0.25) is 0 Å². The highest BCUT2D eigenvalue weighted by Gasteiger charge is 2.17. The molecular formula is C20H29ClN6O6. The minimum atomic E-state index is -1.01. The van der Waals surface area contributed by atoms with Gasteiger partial charge in [0, 0.05) is 24.6 Å². The first-order chi connectivity index (χ1) is 15.2. The number of benzene rings is 1. The molecule has 1 atom stereocenters. The summed E-state index contributed by atoms with van der Waals surface area (Å²) in [5.74, 6) is 0.147. The van der Waals surface area contributed by atoms with Gasteiger partial charge < -0.3 is 41.8 Å². The number of aromatic nitrogens is 2. The predicted molar refractivity (Wildman–Crippen MR) is 124 cm³/mol. The fourth-order valence-corrected chi connectivity index (χ4v) is 2.84. The summed E-state index contributed by atoms with van der Waals surface area (Å²) in [4.78, 5) is 30.4. The monoisotopic (exact) mass is 484 g/mol. The van der Waals surface area contributed by atoms with Gasteiger partial charge in [0.2, 0.25) is 17.6 Å². The number of nitrogens with two attached hydrogens (primary N) is 3. The van der Waals surface area contributed by atoms with Gasteiger partial charge in [0.15, 0.2) is 11.5 Å². The molecule has 2 aromatic rings. The van der Waals surface area contributed by atoms with Crippen molar-refractivity contribution in [3.8, 4) is 17.2 Å². The van der Waals surface area contributed by atoms with E-state index in [1.54, 1.807) is 18.3 Å². The third-order valence-electron chi connectivity index (χ3n) is 4.49. The molecule has 0 saturated carbocycles. The summed E-state index contributed by atoms with van der Waals surface area (Å²) in [7, 11) is 2.99. The highest BCUT2D eigenvalue weighted by Crippen LogP contribution is 2.39. The Hall–Kier alpha value is -3.51. The standard InChI is InChI=1S/C20H28N6O6.ClH/c1-30-14-8-11(7-12-10-25-20(23)26-18(12)22)9-15(31-2)17(14)32-6-5-24-19(29)13(21)3-4-16(27)28;/h8-10,13H,3-7,21H2,1-2H3,(H,24,29)(H,27,28)(H4,22,23,25,26);1H/t13-;/m0./s1. The Morgan fingerprint density at radius 3 is 2.36 bits per heavy atom. The first-order valence-electron chi connectivity index (χ1n) is 9.74. The normalized spacial score (nSPS) is 11.1. The molecule has 0 aliphatic rings. The Labute approximate surface area is 197 Å². The molecule has 0 radical (unpaired) electrons. The number of carboxylic acids is 1. The van der Waals surface area contributed by atoms with Gasteiger partial charge >= 0.3 is 5.97 Å². The summed E-state index contributed by atoms with van der Waals surface area (Å²) in [6.45, 7) is 0.273. The van der Waals surface area contributed by atoms with Crippen LogP contribution < -0.4 is 36.7 Å². The van der Waals surface area contributed by atoms with Crippen molar-refractivity contribution in [3.63, 3.8) is 0 Å². The van der Waals surface area contributed by atoms with Crippen molar-refractivity contribution in [2.45, 2.75) is 25.3 Å². The lowest BCUT2D eigenvalue weighted by Crippen LogP contribution is -2.42. The molecule has 0 unspecified atom stereocenters. The van der Waals surface area contributed by atoms with Crippen molar-refractivity contribution in [3.05, 3.63) is 29.5 Å². The summed E-state index contributed by atoms with van der Waals surface area (Å²) >= 11 is 0. The van der Waals surface area contributed by atoms with Crippen LogP contribution in [-0.2, 0) is 16.0 Å². The number of hydrogen-bond acceptors (Lipinski definition) is 10. The molecule has 2 rings (SSSR count). The third-order valence-corrected chi connectivity index (χ3v) is 4.49. The van der Waals surface area contributed by atoms with E-state index in [9.17, 15) is 9.59 Å². The number of carbonyl (C=O) groups excluding carboxylic acids is 1. The number of methoxy groups -OCH3 is 2. The summed E-state index contributed by atoms with van der Waals surface area (Å²) in [6.07, 6.45) is 1.85. The summed E-state index contributed by atoms with van der Waals surface area (Å²) in [6, 6.07) is 2.64. The molecule has 182 valence electrons. The lowest BCUT2D eigenvalue weighted by molar-refractivity contribution is -0.137. The fourth-order valence-electron chi connectivity index (χ4n) is 2.84. The minimum absolute atomic E-state index is 0. The molecule has 1 aromatic carbocycles. The first-order valence-corrected chi connectivity index (χ1v) is 9.74. The summed E-state index contributed by atoms with van der Waals surface area (Å²) in [5, 5.41) is 11.3. The molecule has 33 heavy (non-hydrogen) atoms. The number of rotatable bonds is 12. The van der Waals surface area contributed by atoms with Crippen molar-refractivity contribution in [2.75, 3.05) is 38.8 Å². The number of carbonyl (C=O) groups is 2. The van der Waals surface area contributed by atoms with Crippen LogP contribution in [0.3, 0.4) is 0 Å². The molecule has 0 aliphatic heterocycles. The number of nitrogens with zero attached hydrogens (tertiary/aromatic N) is 2. The van der Waals surface area contributed by atoms with E-state index in [0.29, 0.717) is 29.2 Å². The van der Waals surface area contributed by atoms with Gasteiger partial charge in [-0.2, -0.15) is 4.98 Å². The van der Waals surface area contributed by atoms with Crippen LogP contribution >= 0.6 is 12.4 Å². The molecule has 0 fully saturated rings. The average molecular weight is 485 g/mol.